The van der Waals surface area contributed by atoms with Crippen molar-refractivity contribution < 1.29 is 14.3 Å². The van der Waals surface area contributed by atoms with Gasteiger partial charge in [-0.2, -0.15) is 5.10 Å². The Kier molecular flexibility index (Phi) is 2.74. The maximum absolute atomic E-state index is 11.7. The van der Waals surface area contributed by atoms with Crippen molar-refractivity contribution in [1.29, 1.82) is 0 Å². The molecule has 0 unspecified atom stereocenters. The monoisotopic (exact) mass is 258 g/mol. The lowest BCUT2D eigenvalue weighted by Gasteiger charge is -2.19. The van der Waals surface area contributed by atoms with Crippen LogP contribution in [0.1, 0.15) is 21.6 Å². The number of aryl methyl sites for hydroxylation is 1. The molecular weight excluding hydrogens is 244 g/mol. The maximum atomic E-state index is 11.7. The normalized spacial score (nSPS) is 12.5. The molecule has 0 spiro atoms. The highest BCUT2D eigenvalue weighted by Crippen LogP contribution is 2.29. The molecule has 0 atom stereocenters. The molecule has 0 radical (unpaired) electrons. The summed E-state index contributed by atoms with van der Waals surface area (Å²) >= 11 is 0. The zero-order valence-electron chi connectivity index (χ0n) is 10.8. The standard InChI is InChI=1S/C14H14N2O3/c1-18-10-4-6-12-9(7-10)3-5-13-11(14(17)19-2)8-15-16(12)13/h4,6-8H,3,5H2,1-2H3. The van der Waals surface area contributed by atoms with Crippen molar-refractivity contribution >= 4 is 5.97 Å². The van der Waals surface area contributed by atoms with Gasteiger partial charge in [-0.15, -0.1) is 0 Å². The largest absolute Gasteiger partial charge is 0.497 e. The summed E-state index contributed by atoms with van der Waals surface area (Å²) < 4.78 is 11.8. The molecule has 1 aliphatic rings. The molecule has 1 aromatic heterocycles. The number of hydrogen-bond donors (Lipinski definition) is 0. The van der Waals surface area contributed by atoms with Crippen LogP contribution in [0.4, 0.5) is 0 Å². The summed E-state index contributed by atoms with van der Waals surface area (Å²) in [7, 11) is 3.04. The van der Waals surface area contributed by atoms with Crippen molar-refractivity contribution in [3.8, 4) is 11.4 Å². The number of aromatic nitrogens is 2. The third-order valence-corrected chi connectivity index (χ3v) is 3.42. The van der Waals surface area contributed by atoms with Crippen LogP contribution in [-0.2, 0) is 17.6 Å². The van der Waals surface area contributed by atoms with Gasteiger partial charge in [0.15, 0.2) is 0 Å². The molecule has 98 valence electrons. The van der Waals surface area contributed by atoms with Gasteiger partial charge in [-0.05, 0) is 36.6 Å². The van der Waals surface area contributed by atoms with Gasteiger partial charge in [0.25, 0.3) is 0 Å². The minimum Gasteiger partial charge on any atom is -0.497 e. The van der Waals surface area contributed by atoms with E-state index < -0.39 is 0 Å². The predicted molar refractivity (Wildman–Crippen MR) is 68.9 cm³/mol. The summed E-state index contributed by atoms with van der Waals surface area (Å²) in [4.78, 5) is 11.7. The van der Waals surface area contributed by atoms with Crippen LogP contribution in [0.15, 0.2) is 24.4 Å². The van der Waals surface area contributed by atoms with E-state index in [0.29, 0.717) is 5.56 Å². The van der Waals surface area contributed by atoms with Crippen LogP contribution in [0.25, 0.3) is 5.69 Å². The van der Waals surface area contributed by atoms with Gasteiger partial charge in [0.05, 0.1) is 31.8 Å². The van der Waals surface area contributed by atoms with Gasteiger partial charge in [-0.1, -0.05) is 0 Å². The number of methoxy groups -OCH3 is 2. The van der Waals surface area contributed by atoms with Crippen molar-refractivity contribution in [1.82, 2.24) is 9.78 Å². The first-order valence-corrected chi connectivity index (χ1v) is 6.07. The van der Waals surface area contributed by atoms with E-state index in [0.717, 1.165) is 30.0 Å². The molecule has 0 N–H and O–H groups in total. The number of ether oxygens (including phenoxy) is 2. The molecule has 2 heterocycles. The molecule has 0 saturated carbocycles. The molecule has 0 amide bonds. The highest BCUT2D eigenvalue weighted by Gasteiger charge is 2.24. The number of carbonyl (C=O) groups excluding carboxylic acids is 1. The van der Waals surface area contributed by atoms with Crippen LogP contribution >= 0.6 is 0 Å². The fraction of sp³-hybridized carbons (Fsp3) is 0.286. The quantitative estimate of drug-likeness (QED) is 0.770. The number of hydrogen-bond acceptors (Lipinski definition) is 4. The Morgan fingerprint density at radius 2 is 2.16 bits per heavy atom. The average molecular weight is 258 g/mol. The molecule has 5 nitrogen and oxygen atoms in total. The predicted octanol–water partition coefficient (Wildman–Crippen LogP) is 1.77. The number of benzene rings is 1. The summed E-state index contributed by atoms with van der Waals surface area (Å²) in [6.07, 6.45) is 3.20. The topological polar surface area (TPSA) is 53.3 Å². The van der Waals surface area contributed by atoms with E-state index >= 15 is 0 Å². The highest BCUT2D eigenvalue weighted by molar-refractivity contribution is 5.90. The second-order valence-corrected chi connectivity index (χ2v) is 4.40. The van der Waals surface area contributed by atoms with Crippen LogP contribution in [0.5, 0.6) is 5.75 Å². The summed E-state index contributed by atoms with van der Waals surface area (Å²) in [5.41, 5.74) is 3.62. The number of esters is 1. The maximum Gasteiger partial charge on any atom is 0.341 e. The first-order chi connectivity index (χ1) is 9.24. The lowest BCUT2D eigenvalue weighted by atomic mass is 10.00. The van der Waals surface area contributed by atoms with E-state index in [-0.39, 0.29) is 5.97 Å². The second kappa shape index (κ2) is 4.42. The SMILES string of the molecule is COC(=O)c1cnn2c1CCc1cc(OC)ccc1-2. The lowest BCUT2D eigenvalue weighted by molar-refractivity contribution is 0.0599. The Bertz CT molecular complexity index is 646. The minimum absolute atomic E-state index is 0.335. The Morgan fingerprint density at radius 3 is 2.89 bits per heavy atom. The summed E-state index contributed by atoms with van der Waals surface area (Å²) in [5, 5.41) is 4.30. The van der Waals surface area contributed by atoms with E-state index in [1.54, 1.807) is 13.3 Å². The fourth-order valence-electron chi connectivity index (χ4n) is 2.45. The molecule has 5 heteroatoms. The van der Waals surface area contributed by atoms with E-state index in [2.05, 4.69) is 5.10 Å². The van der Waals surface area contributed by atoms with Crippen LogP contribution in [-0.4, -0.2) is 30.0 Å². The molecule has 2 aromatic rings. The van der Waals surface area contributed by atoms with E-state index in [1.165, 1.54) is 12.7 Å². The number of carbonyl (C=O) groups is 1. The molecule has 3 rings (SSSR count). The minimum atomic E-state index is -0.335. The van der Waals surface area contributed by atoms with Crippen LogP contribution in [0.2, 0.25) is 0 Å². The van der Waals surface area contributed by atoms with Crippen molar-refractivity contribution in [3.05, 3.63) is 41.2 Å². The van der Waals surface area contributed by atoms with Gasteiger partial charge in [0.1, 0.15) is 11.3 Å². The van der Waals surface area contributed by atoms with Crippen LogP contribution in [0, 0.1) is 0 Å². The van der Waals surface area contributed by atoms with Gasteiger partial charge in [0, 0.05) is 0 Å². The number of nitrogens with zero attached hydrogens (tertiary/aromatic N) is 2. The molecule has 0 aliphatic carbocycles. The molecule has 1 aromatic carbocycles. The molecule has 1 aliphatic heterocycles. The molecule has 0 saturated heterocycles. The van der Waals surface area contributed by atoms with Crippen LogP contribution in [0.3, 0.4) is 0 Å². The first kappa shape index (κ1) is 11.8. The highest BCUT2D eigenvalue weighted by atomic mass is 16.5. The van der Waals surface area contributed by atoms with Gasteiger partial charge in [0.2, 0.25) is 0 Å². The Hall–Kier alpha value is -2.30. The van der Waals surface area contributed by atoms with Crippen molar-refractivity contribution in [2.24, 2.45) is 0 Å². The van der Waals surface area contributed by atoms with E-state index in [9.17, 15) is 4.79 Å². The van der Waals surface area contributed by atoms with Gasteiger partial charge >= 0.3 is 5.97 Å². The number of rotatable bonds is 2. The van der Waals surface area contributed by atoms with Crippen LogP contribution < -0.4 is 4.74 Å². The number of fused-ring (bicyclic) bond motifs is 3. The van der Waals surface area contributed by atoms with E-state index in [1.807, 2.05) is 22.9 Å². The second-order valence-electron chi connectivity index (χ2n) is 4.40. The Labute approximate surface area is 110 Å². The van der Waals surface area contributed by atoms with E-state index in [4.69, 9.17) is 9.47 Å². The van der Waals surface area contributed by atoms with Gasteiger partial charge in [-0.25, -0.2) is 9.48 Å². The average Bonchev–Trinajstić information content (AvgIpc) is 2.89. The van der Waals surface area contributed by atoms with Gasteiger partial charge in [-0.3, -0.25) is 0 Å². The first-order valence-electron chi connectivity index (χ1n) is 6.07. The summed E-state index contributed by atoms with van der Waals surface area (Å²) in [6.45, 7) is 0. The smallest absolute Gasteiger partial charge is 0.341 e. The summed E-state index contributed by atoms with van der Waals surface area (Å²) in [6, 6.07) is 5.87. The fourth-order valence-corrected chi connectivity index (χ4v) is 2.45. The van der Waals surface area contributed by atoms with Gasteiger partial charge < -0.3 is 9.47 Å². The molecule has 0 bridgehead atoms. The van der Waals surface area contributed by atoms with Crippen molar-refractivity contribution in [3.63, 3.8) is 0 Å². The van der Waals surface area contributed by atoms with Crippen molar-refractivity contribution in [2.45, 2.75) is 12.8 Å². The van der Waals surface area contributed by atoms with Crippen molar-refractivity contribution in [2.75, 3.05) is 14.2 Å². The Balaban J connectivity index is 2.10. The lowest BCUT2D eigenvalue weighted by Crippen LogP contribution is -2.15. The third kappa shape index (κ3) is 1.78. The molecule has 19 heavy (non-hydrogen) atoms. The summed E-state index contributed by atoms with van der Waals surface area (Å²) in [5.74, 6) is 0.501. The third-order valence-electron chi connectivity index (χ3n) is 3.42. The zero-order chi connectivity index (χ0) is 13.4. The Morgan fingerprint density at radius 1 is 1.32 bits per heavy atom. The molecular formula is C14H14N2O3. The zero-order valence-corrected chi connectivity index (χ0v) is 10.8. The molecule has 0 fully saturated rings.